The summed E-state index contributed by atoms with van der Waals surface area (Å²) < 4.78 is 5.95. The maximum Gasteiger partial charge on any atom is 0.271 e. The molecule has 0 aromatic heterocycles. The number of nitro benzene ring substituents is 1. The minimum absolute atomic E-state index is 0.0123. The second kappa shape index (κ2) is 12.8. The quantitative estimate of drug-likeness (QED) is 0.0548. The summed E-state index contributed by atoms with van der Waals surface area (Å²) in [6.45, 7) is 1.42. The number of amides is 4. The summed E-state index contributed by atoms with van der Waals surface area (Å²) in [6, 6.07) is -1.10. The van der Waals surface area contributed by atoms with E-state index in [2.05, 4.69) is 20.9 Å². The molecule has 1 aromatic rings. The van der Waals surface area contributed by atoms with Crippen LogP contribution in [0.15, 0.2) is 17.1 Å². The predicted molar refractivity (Wildman–Crippen MR) is 136 cm³/mol. The molecule has 1 aliphatic rings. The number of nitrogens with zero attached hydrogens (tertiary/aromatic N) is 2. The normalized spacial score (nSPS) is 20.9. The Balaban J connectivity index is 2.48. The first kappa shape index (κ1) is 28.5. The Bertz CT molecular complexity index is 1080. The molecule has 1 heterocycles. The summed E-state index contributed by atoms with van der Waals surface area (Å²) in [6.07, 6.45) is 0.314. The molecule has 15 nitrogen and oxygen atoms in total. The van der Waals surface area contributed by atoms with Crippen molar-refractivity contribution in [2.24, 2.45) is 22.2 Å². The SMILES string of the molecule is C[C@@H]1NC(=O)[C@H](CCCN=C(N)N)NC(=O)c2cc([N+](=O)[O-])cc(I)c2OCC[C@@H](C(N)=O)NC1=O. The van der Waals surface area contributed by atoms with Gasteiger partial charge < -0.3 is 37.9 Å². The molecule has 36 heavy (non-hydrogen) atoms. The second-order valence-electron chi connectivity index (χ2n) is 7.87. The fraction of sp³-hybridized carbons (Fsp3) is 0.450. The molecule has 0 saturated heterocycles. The number of guanidine groups is 1. The average molecular weight is 618 g/mol. The molecule has 2 rings (SSSR count). The zero-order valence-electron chi connectivity index (χ0n) is 19.3. The van der Waals surface area contributed by atoms with E-state index in [-0.39, 0.29) is 58.9 Å². The molecule has 1 aliphatic heterocycles. The Kier molecular flexibility index (Phi) is 10.2. The Morgan fingerprint density at radius 1 is 1.19 bits per heavy atom. The van der Waals surface area contributed by atoms with E-state index in [0.29, 0.717) is 0 Å². The first-order valence-corrected chi connectivity index (χ1v) is 11.9. The minimum atomic E-state index is -1.15. The molecule has 16 heteroatoms. The van der Waals surface area contributed by atoms with E-state index in [1.54, 1.807) is 22.6 Å². The van der Waals surface area contributed by atoms with Crippen molar-refractivity contribution in [2.45, 2.75) is 44.3 Å². The van der Waals surface area contributed by atoms with Gasteiger partial charge in [-0.1, -0.05) is 0 Å². The Morgan fingerprint density at radius 3 is 2.50 bits per heavy atom. The number of nitrogens with one attached hydrogen (secondary N) is 3. The molecule has 0 aliphatic carbocycles. The van der Waals surface area contributed by atoms with Crippen LogP contribution in [0.4, 0.5) is 5.69 Å². The van der Waals surface area contributed by atoms with Crippen LogP contribution in [0.5, 0.6) is 5.75 Å². The van der Waals surface area contributed by atoms with E-state index < -0.39 is 46.7 Å². The highest BCUT2D eigenvalue weighted by Crippen LogP contribution is 2.31. The molecule has 0 spiro atoms. The highest BCUT2D eigenvalue weighted by molar-refractivity contribution is 14.1. The van der Waals surface area contributed by atoms with Gasteiger partial charge in [0.25, 0.3) is 11.6 Å². The third kappa shape index (κ3) is 7.92. The molecule has 3 atom stereocenters. The van der Waals surface area contributed by atoms with Crippen molar-refractivity contribution in [1.29, 1.82) is 0 Å². The van der Waals surface area contributed by atoms with Crippen LogP contribution in [0.25, 0.3) is 0 Å². The van der Waals surface area contributed by atoms with E-state index >= 15 is 0 Å². The van der Waals surface area contributed by atoms with E-state index in [9.17, 15) is 29.3 Å². The van der Waals surface area contributed by atoms with Gasteiger partial charge in [0.1, 0.15) is 23.9 Å². The van der Waals surface area contributed by atoms with Gasteiger partial charge in [-0.15, -0.1) is 0 Å². The molecular weight excluding hydrogens is 591 g/mol. The summed E-state index contributed by atoms with van der Waals surface area (Å²) in [7, 11) is 0. The third-order valence-electron chi connectivity index (χ3n) is 5.12. The van der Waals surface area contributed by atoms with Gasteiger partial charge in [0.05, 0.1) is 20.7 Å². The van der Waals surface area contributed by atoms with Crippen LogP contribution in [-0.4, -0.2) is 65.8 Å². The number of nitro groups is 1. The molecule has 4 amide bonds. The van der Waals surface area contributed by atoms with Crippen LogP contribution in [0.3, 0.4) is 0 Å². The number of primary amides is 1. The highest BCUT2D eigenvalue weighted by atomic mass is 127. The van der Waals surface area contributed by atoms with Gasteiger partial charge in [0, 0.05) is 25.1 Å². The summed E-state index contributed by atoms with van der Waals surface area (Å²) >= 11 is 1.77. The lowest BCUT2D eigenvalue weighted by Crippen LogP contribution is -2.55. The Labute approximate surface area is 219 Å². The van der Waals surface area contributed by atoms with Gasteiger partial charge in [-0.2, -0.15) is 0 Å². The summed E-state index contributed by atoms with van der Waals surface area (Å²) in [5.74, 6) is -3.14. The lowest BCUT2D eigenvalue weighted by Gasteiger charge is -2.24. The van der Waals surface area contributed by atoms with Crippen molar-refractivity contribution in [3.63, 3.8) is 0 Å². The number of carbonyl (C=O) groups is 4. The fourth-order valence-electron chi connectivity index (χ4n) is 3.25. The number of aliphatic imine (C=N–C) groups is 1. The number of benzene rings is 1. The topological polar surface area (TPSA) is 247 Å². The number of hydrogen-bond acceptors (Lipinski definition) is 8. The fourth-order valence-corrected chi connectivity index (χ4v) is 4.01. The smallest absolute Gasteiger partial charge is 0.271 e. The number of carbonyl (C=O) groups excluding carboxylic acids is 4. The third-order valence-corrected chi connectivity index (χ3v) is 5.92. The number of hydrogen-bond donors (Lipinski definition) is 6. The van der Waals surface area contributed by atoms with Crippen molar-refractivity contribution >= 4 is 57.9 Å². The van der Waals surface area contributed by atoms with Gasteiger partial charge in [0.2, 0.25) is 17.7 Å². The average Bonchev–Trinajstić information content (AvgIpc) is 2.79. The van der Waals surface area contributed by atoms with Gasteiger partial charge >= 0.3 is 0 Å². The molecule has 9 N–H and O–H groups in total. The largest absolute Gasteiger partial charge is 0.492 e. The van der Waals surface area contributed by atoms with E-state index in [1.807, 2.05) is 0 Å². The monoisotopic (exact) mass is 618 g/mol. The number of fused-ring (bicyclic) bond motifs is 1. The molecule has 0 radical (unpaired) electrons. The predicted octanol–water partition coefficient (Wildman–Crippen LogP) is -1.39. The lowest BCUT2D eigenvalue weighted by atomic mass is 10.1. The molecule has 1 aromatic carbocycles. The van der Waals surface area contributed by atoms with E-state index in [1.165, 1.54) is 13.0 Å². The van der Waals surface area contributed by atoms with Crippen LogP contribution in [0.1, 0.15) is 36.5 Å². The molecule has 196 valence electrons. The number of nitrogens with two attached hydrogens (primary N) is 3. The van der Waals surface area contributed by atoms with Crippen LogP contribution in [0.2, 0.25) is 0 Å². The number of non-ortho nitro benzene ring substituents is 1. The second-order valence-corrected chi connectivity index (χ2v) is 9.03. The summed E-state index contributed by atoms with van der Waals surface area (Å²) in [5.41, 5.74) is 15.5. The van der Waals surface area contributed by atoms with Crippen molar-refractivity contribution in [2.75, 3.05) is 13.2 Å². The number of ether oxygens (including phenoxy) is 1. The summed E-state index contributed by atoms with van der Waals surface area (Å²) in [5, 5.41) is 18.9. The van der Waals surface area contributed by atoms with Crippen molar-refractivity contribution in [3.05, 3.63) is 31.4 Å². The van der Waals surface area contributed by atoms with Gasteiger partial charge in [0.15, 0.2) is 5.96 Å². The van der Waals surface area contributed by atoms with Crippen molar-refractivity contribution < 1.29 is 28.8 Å². The zero-order chi connectivity index (χ0) is 27.0. The molecule has 0 fully saturated rings. The highest BCUT2D eigenvalue weighted by Gasteiger charge is 2.30. The van der Waals surface area contributed by atoms with Crippen LogP contribution in [-0.2, 0) is 14.4 Å². The first-order chi connectivity index (χ1) is 16.9. The van der Waals surface area contributed by atoms with Crippen molar-refractivity contribution in [1.82, 2.24) is 16.0 Å². The Morgan fingerprint density at radius 2 is 1.89 bits per heavy atom. The van der Waals surface area contributed by atoms with Crippen LogP contribution in [0, 0.1) is 13.7 Å². The van der Waals surface area contributed by atoms with Crippen LogP contribution < -0.4 is 37.9 Å². The van der Waals surface area contributed by atoms with E-state index in [4.69, 9.17) is 21.9 Å². The van der Waals surface area contributed by atoms with E-state index in [0.717, 1.165) is 6.07 Å². The van der Waals surface area contributed by atoms with Crippen LogP contribution >= 0.6 is 22.6 Å². The number of rotatable bonds is 6. The molecule has 0 saturated carbocycles. The first-order valence-electron chi connectivity index (χ1n) is 10.8. The Hall–Kier alpha value is -3.70. The molecular formula is C20H27IN8O7. The lowest BCUT2D eigenvalue weighted by molar-refractivity contribution is -0.385. The molecule has 0 bridgehead atoms. The maximum absolute atomic E-state index is 13.2. The summed E-state index contributed by atoms with van der Waals surface area (Å²) in [4.78, 5) is 65.1. The zero-order valence-corrected chi connectivity index (χ0v) is 21.4. The number of halogens is 1. The van der Waals surface area contributed by atoms with Gasteiger partial charge in [-0.3, -0.25) is 34.3 Å². The molecule has 0 unspecified atom stereocenters. The minimum Gasteiger partial charge on any atom is -0.492 e. The van der Waals surface area contributed by atoms with Crippen molar-refractivity contribution in [3.8, 4) is 5.75 Å². The standard InChI is InChI=1S/C20H27IN8O7/c1-9-17(31)27-13(16(22)30)4-6-36-15-11(7-10(29(34)35)8-12(15)21)18(32)28-14(19(33)26-9)3-2-5-25-20(23)24/h7-9,13-14H,2-6H2,1H3,(H2,22,30)(H,26,33)(H,27,31)(H,28,32)(H4,23,24,25)/t9-,13-,14-/m0/s1. The maximum atomic E-state index is 13.2. The van der Waals surface area contributed by atoms with Gasteiger partial charge in [-0.25, -0.2) is 0 Å². The van der Waals surface area contributed by atoms with Gasteiger partial charge in [-0.05, 0) is 42.4 Å².